The van der Waals surface area contributed by atoms with Gasteiger partial charge in [-0.3, -0.25) is 9.78 Å². The third kappa shape index (κ3) is 3.48. The van der Waals surface area contributed by atoms with E-state index in [2.05, 4.69) is 9.72 Å². The average molecular weight is 293 g/mol. The summed E-state index contributed by atoms with van der Waals surface area (Å²) in [5.41, 5.74) is 1.66. The first-order valence-corrected chi connectivity index (χ1v) is 7.46. The lowest BCUT2D eigenvalue weighted by Crippen LogP contribution is -2.14. The molecule has 2 rings (SSSR count). The Bertz CT molecular complexity index is 618. The lowest BCUT2D eigenvalue weighted by molar-refractivity contribution is -0.143. The molecule has 0 aliphatic rings. The number of carbonyl (C=O) groups excluding carboxylic acids is 1. The minimum absolute atomic E-state index is 0.169. The number of hydrogen-bond acceptors (Lipinski definition) is 4. The van der Waals surface area contributed by atoms with Crippen LogP contribution in [-0.4, -0.2) is 23.8 Å². The lowest BCUT2D eigenvalue weighted by atomic mass is 10.1. The molecule has 0 N–H and O–H groups in total. The SMILES string of the molecule is COC(=O)C(C)CSCc1cc(F)cc2cccnc12. The minimum Gasteiger partial charge on any atom is -0.469 e. The molecule has 0 bridgehead atoms. The van der Waals surface area contributed by atoms with Gasteiger partial charge in [0, 0.05) is 23.1 Å². The smallest absolute Gasteiger partial charge is 0.309 e. The van der Waals surface area contributed by atoms with Crippen molar-refractivity contribution in [2.75, 3.05) is 12.9 Å². The Labute approximate surface area is 121 Å². The first-order chi connectivity index (χ1) is 9.61. The third-order valence-electron chi connectivity index (χ3n) is 2.98. The van der Waals surface area contributed by atoms with Crippen LogP contribution in [0.2, 0.25) is 0 Å². The van der Waals surface area contributed by atoms with Gasteiger partial charge in [0.2, 0.25) is 0 Å². The summed E-state index contributed by atoms with van der Waals surface area (Å²) in [6.07, 6.45) is 1.70. The van der Waals surface area contributed by atoms with Crippen LogP contribution >= 0.6 is 11.8 Å². The van der Waals surface area contributed by atoms with E-state index in [9.17, 15) is 9.18 Å². The molecule has 0 saturated heterocycles. The number of pyridine rings is 1. The predicted octanol–water partition coefficient (Wildman–Crippen LogP) is 3.42. The van der Waals surface area contributed by atoms with Gasteiger partial charge in [-0.1, -0.05) is 13.0 Å². The van der Waals surface area contributed by atoms with Gasteiger partial charge >= 0.3 is 5.97 Å². The summed E-state index contributed by atoms with van der Waals surface area (Å²) in [6.45, 7) is 1.82. The standard InChI is InChI=1S/C15H16FNO2S/c1-10(15(18)19-2)8-20-9-12-7-13(16)6-11-4-3-5-17-14(11)12/h3-7,10H,8-9H2,1-2H3. The number of methoxy groups -OCH3 is 1. The molecular weight excluding hydrogens is 277 g/mol. The second-order valence-corrected chi connectivity index (χ2v) is 5.61. The van der Waals surface area contributed by atoms with E-state index in [0.717, 1.165) is 16.5 Å². The van der Waals surface area contributed by atoms with Gasteiger partial charge in [-0.2, -0.15) is 11.8 Å². The number of thioether (sulfide) groups is 1. The van der Waals surface area contributed by atoms with Crippen molar-refractivity contribution < 1.29 is 13.9 Å². The van der Waals surface area contributed by atoms with Crippen LogP contribution in [0.5, 0.6) is 0 Å². The second-order valence-electron chi connectivity index (χ2n) is 4.58. The van der Waals surface area contributed by atoms with Crippen molar-refractivity contribution in [1.82, 2.24) is 4.98 Å². The van der Waals surface area contributed by atoms with Gasteiger partial charge in [-0.05, 0) is 23.8 Å². The summed E-state index contributed by atoms with van der Waals surface area (Å²) >= 11 is 1.57. The highest BCUT2D eigenvalue weighted by Crippen LogP contribution is 2.23. The molecule has 1 heterocycles. The first-order valence-electron chi connectivity index (χ1n) is 6.30. The minimum atomic E-state index is -0.262. The molecule has 1 unspecified atom stereocenters. The van der Waals surface area contributed by atoms with Crippen molar-refractivity contribution in [3.05, 3.63) is 41.8 Å². The summed E-state index contributed by atoms with van der Waals surface area (Å²) in [5.74, 6) is 0.601. The normalized spacial score (nSPS) is 12.3. The van der Waals surface area contributed by atoms with Gasteiger partial charge in [0.25, 0.3) is 0 Å². The van der Waals surface area contributed by atoms with Crippen LogP contribution in [0.3, 0.4) is 0 Å². The first kappa shape index (κ1) is 14.8. The summed E-state index contributed by atoms with van der Waals surface area (Å²) in [5, 5.41) is 0.795. The molecule has 0 fully saturated rings. The monoisotopic (exact) mass is 293 g/mol. The summed E-state index contributed by atoms with van der Waals surface area (Å²) in [4.78, 5) is 15.6. The van der Waals surface area contributed by atoms with Crippen molar-refractivity contribution >= 4 is 28.6 Å². The van der Waals surface area contributed by atoms with Crippen LogP contribution in [0.4, 0.5) is 4.39 Å². The van der Waals surface area contributed by atoms with Gasteiger partial charge in [0.1, 0.15) is 5.82 Å². The average Bonchev–Trinajstić information content (AvgIpc) is 2.45. The van der Waals surface area contributed by atoms with Crippen LogP contribution in [-0.2, 0) is 15.3 Å². The number of hydrogen-bond donors (Lipinski definition) is 0. The van der Waals surface area contributed by atoms with Gasteiger partial charge in [-0.15, -0.1) is 0 Å². The Morgan fingerprint density at radius 2 is 2.30 bits per heavy atom. The maximum Gasteiger partial charge on any atom is 0.309 e. The summed E-state index contributed by atoms with van der Waals surface area (Å²) < 4.78 is 18.2. The van der Waals surface area contributed by atoms with Gasteiger partial charge in [0.15, 0.2) is 0 Å². The highest BCUT2D eigenvalue weighted by Gasteiger charge is 2.13. The molecule has 0 aliphatic carbocycles. The van der Waals surface area contributed by atoms with Gasteiger partial charge < -0.3 is 4.74 Å². The molecule has 0 amide bonds. The Balaban J connectivity index is 2.08. The molecule has 106 valence electrons. The zero-order chi connectivity index (χ0) is 14.5. The predicted molar refractivity (Wildman–Crippen MR) is 79.0 cm³/mol. The van der Waals surface area contributed by atoms with Crippen molar-refractivity contribution in [2.45, 2.75) is 12.7 Å². The van der Waals surface area contributed by atoms with E-state index < -0.39 is 0 Å². The van der Waals surface area contributed by atoms with Gasteiger partial charge in [-0.25, -0.2) is 4.39 Å². The Hall–Kier alpha value is -1.62. The Morgan fingerprint density at radius 3 is 3.05 bits per heavy atom. The molecule has 0 saturated carbocycles. The molecule has 0 spiro atoms. The maximum atomic E-state index is 13.6. The number of esters is 1. The summed E-state index contributed by atoms with van der Waals surface area (Å²) in [6, 6.07) is 6.62. The van der Waals surface area contributed by atoms with E-state index in [0.29, 0.717) is 11.5 Å². The molecular formula is C15H16FNO2S. The van der Waals surface area contributed by atoms with Crippen molar-refractivity contribution in [3.63, 3.8) is 0 Å². The Kier molecular flexibility index (Phi) is 4.95. The molecule has 0 aliphatic heterocycles. The molecule has 1 aromatic heterocycles. The fraction of sp³-hybridized carbons (Fsp3) is 0.333. The van der Waals surface area contributed by atoms with Crippen LogP contribution in [0.1, 0.15) is 12.5 Å². The number of nitrogens with zero attached hydrogens (tertiary/aromatic N) is 1. The highest BCUT2D eigenvalue weighted by atomic mass is 32.2. The third-order valence-corrected chi connectivity index (χ3v) is 4.23. The number of rotatable bonds is 5. The lowest BCUT2D eigenvalue weighted by Gasteiger charge is -2.09. The summed E-state index contributed by atoms with van der Waals surface area (Å²) in [7, 11) is 1.38. The zero-order valence-electron chi connectivity index (χ0n) is 11.4. The van der Waals surface area contributed by atoms with E-state index in [1.807, 2.05) is 13.0 Å². The second kappa shape index (κ2) is 6.70. The number of aromatic nitrogens is 1. The highest BCUT2D eigenvalue weighted by molar-refractivity contribution is 7.98. The van der Waals surface area contributed by atoms with Crippen LogP contribution in [0.15, 0.2) is 30.5 Å². The fourth-order valence-corrected chi connectivity index (χ4v) is 3.00. The molecule has 2 aromatic rings. The number of ether oxygens (including phenoxy) is 1. The van der Waals surface area contributed by atoms with E-state index in [-0.39, 0.29) is 17.7 Å². The van der Waals surface area contributed by atoms with E-state index in [4.69, 9.17) is 0 Å². The number of fused-ring (bicyclic) bond motifs is 1. The fourth-order valence-electron chi connectivity index (χ4n) is 1.95. The van der Waals surface area contributed by atoms with Gasteiger partial charge in [0.05, 0.1) is 18.5 Å². The molecule has 0 radical (unpaired) electrons. The molecule has 1 atom stereocenters. The van der Waals surface area contributed by atoms with Crippen molar-refractivity contribution in [2.24, 2.45) is 5.92 Å². The van der Waals surface area contributed by atoms with E-state index >= 15 is 0 Å². The molecule has 5 heteroatoms. The van der Waals surface area contributed by atoms with Crippen molar-refractivity contribution in [3.8, 4) is 0 Å². The van der Waals surface area contributed by atoms with E-state index in [1.165, 1.54) is 19.2 Å². The maximum absolute atomic E-state index is 13.6. The molecule has 3 nitrogen and oxygen atoms in total. The topological polar surface area (TPSA) is 39.2 Å². The van der Waals surface area contributed by atoms with Crippen LogP contribution in [0, 0.1) is 11.7 Å². The number of carbonyl (C=O) groups is 1. The van der Waals surface area contributed by atoms with Crippen LogP contribution in [0.25, 0.3) is 10.9 Å². The molecule has 1 aromatic carbocycles. The number of halogens is 1. The van der Waals surface area contributed by atoms with E-state index in [1.54, 1.807) is 24.0 Å². The molecule has 20 heavy (non-hydrogen) atoms. The Morgan fingerprint density at radius 1 is 1.50 bits per heavy atom. The number of benzene rings is 1. The largest absolute Gasteiger partial charge is 0.469 e. The van der Waals surface area contributed by atoms with Crippen molar-refractivity contribution in [1.29, 1.82) is 0 Å². The quantitative estimate of drug-likeness (QED) is 0.792. The zero-order valence-corrected chi connectivity index (χ0v) is 12.2. The van der Waals surface area contributed by atoms with Crippen LogP contribution < -0.4 is 0 Å².